The molecule has 0 unspecified atom stereocenters. The van der Waals surface area contributed by atoms with Gasteiger partial charge in [-0.3, -0.25) is 4.79 Å². The number of alkyl halides is 2. The van der Waals surface area contributed by atoms with E-state index in [9.17, 15) is 13.6 Å². The predicted molar refractivity (Wildman–Crippen MR) is 110 cm³/mol. The molecule has 32 heavy (non-hydrogen) atoms. The highest BCUT2D eigenvalue weighted by Gasteiger charge is 2.24. The van der Waals surface area contributed by atoms with Crippen molar-refractivity contribution in [1.82, 2.24) is 45.0 Å². The van der Waals surface area contributed by atoms with Crippen LogP contribution in [0.15, 0.2) is 29.6 Å². The lowest BCUT2D eigenvalue weighted by atomic mass is 10.2. The molecule has 5 rings (SSSR count). The van der Waals surface area contributed by atoms with Crippen molar-refractivity contribution in [1.29, 1.82) is 0 Å². The number of thioether (sulfide) groups is 1. The maximum atomic E-state index is 13.6. The quantitative estimate of drug-likeness (QED) is 0.414. The molecule has 14 heteroatoms. The maximum absolute atomic E-state index is 13.6. The first-order valence-corrected chi connectivity index (χ1v) is 10.6. The number of aromatic amines is 1. The smallest absolute Gasteiger partial charge is 0.282 e. The molecule has 1 aliphatic heterocycles. The Kier molecular flexibility index (Phi) is 5.13. The summed E-state index contributed by atoms with van der Waals surface area (Å²) in [5.74, 6) is 0.482. The summed E-state index contributed by atoms with van der Waals surface area (Å²) >= 11 is 1.27. The van der Waals surface area contributed by atoms with Crippen LogP contribution >= 0.6 is 11.8 Å². The number of anilines is 1. The largest absolute Gasteiger partial charge is 0.384 e. The molecule has 0 bridgehead atoms. The number of carbonyl (C=O) groups is 1. The first-order chi connectivity index (χ1) is 15.5. The van der Waals surface area contributed by atoms with E-state index in [-0.39, 0.29) is 34.7 Å². The predicted octanol–water partition coefficient (Wildman–Crippen LogP) is 1.99. The van der Waals surface area contributed by atoms with E-state index in [2.05, 4.69) is 35.5 Å². The van der Waals surface area contributed by atoms with E-state index in [1.807, 2.05) is 0 Å². The van der Waals surface area contributed by atoms with Crippen molar-refractivity contribution in [2.75, 3.05) is 18.8 Å². The van der Waals surface area contributed by atoms with E-state index in [1.165, 1.54) is 35.0 Å². The van der Waals surface area contributed by atoms with Crippen molar-refractivity contribution in [3.05, 3.63) is 41.6 Å². The van der Waals surface area contributed by atoms with Crippen LogP contribution in [0.4, 0.5) is 14.6 Å². The number of H-pyrrole nitrogens is 1. The number of nitrogens with one attached hydrogen (secondary N) is 1. The van der Waals surface area contributed by atoms with Gasteiger partial charge in [0.2, 0.25) is 0 Å². The minimum atomic E-state index is -2.78. The minimum Gasteiger partial charge on any atom is -0.384 e. The molecule has 0 aromatic carbocycles. The van der Waals surface area contributed by atoms with Gasteiger partial charge in [-0.1, -0.05) is 5.21 Å². The normalized spacial score (nSPS) is 13.7. The molecule has 3 N–H and O–H groups in total. The Bertz CT molecular complexity index is 1280. The number of halogens is 2. The zero-order valence-electron chi connectivity index (χ0n) is 16.4. The Hall–Kier alpha value is -3.68. The van der Waals surface area contributed by atoms with Crippen molar-refractivity contribution in [2.24, 2.45) is 0 Å². The average Bonchev–Trinajstić information content (AvgIpc) is 3.38. The monoisotopic (exact) mass is 458 g/mol. The summed E-state index contributed by atoms with van der Waals surface area (Å²) in [6.07, 6.45) is 2.33. The third kappa shape index (κ3) is 3.72. The number of hydrogen-bond donors (Lipinski definition) is 2. The van der Waals surface area contributed by atoms with Gasteiger partial charge < -0.3 is 10.6 Å². The molecule has 0 spiro atoms. The molecule has 11 nitrogen and oxygen atoms in total. The third-order valence-corrected chi connectivity index (χ3v) is 6.01. The summed E-state index contributed by atoms with van der Waals surface area (Å²) in [5, 5.41) is 14.3. The molecular formula is C18H16F2N10OS. The third-order valence-electron chi connectivity index (χ3n) is 4.93. The van der Waals surface area contributed by atoms with Crippen molar-refractivity contribution < 1.29 is 13.6 Å². The molecule has 4 aromatic rings. The number of likely N-dealkylation sites (tertiary alicyclic amines) is 1. The fourth-order valence-electron chi connectivity index (χ4n) is 3.16. The van der Waals surface area contributed by atoms with Gasteiger partial charge in [-0.05, 0) is 12.5 Å². The molecule has 0 atom stereocenters. The van der Waals surface area contributed by atoms with Gasteiger partial charge in [-0.15, -0.1) is 16.9 Å². The number of rotatable bonds is 6. The van der Waals surface area contributed by atoms with Gasteiger partial charge in [0, 0.05) is 35.5 Å². The van der Waals surface area contributed by atoms with Crippen molar-refractivity contribution in [3.8, 4) is 5.82 Å². The molecule has 4 aromatic heterocycles. The van der Waals surface area contributed by atoms with Crippen molar-refractivity contribution in [3.63, 3.8) is 0 Å². The van der Waals surface area contributed by atoms with Crippen molar-refractivity contribution >= 4 is 34.7 Å². The van der Waals surface area contributed by atoms with Crippen LogP contribution in [-0.4, -0.2) is 64.0 Å². The molecule has 0 radical (unpaired) electrons. The van der Waals surface area contributed by atoms with Gasteiger partial charge in [0.25, 0.3) is 12.3 Å². The number of nitrogen functional groups attached to an aromatic ring is 1. The van der Waals surface area contributed by atoms with Crippen LogP contribution < -0.4 is 5.73 Å². The topological polar surface area (TPSA) is 144 Å². The molecule has 5 heterocycles. The molecule has 0 saturated carbocycles. The second-order valence-corrected chi connectivity index (χ2v) is 8.05. The molecule has 1 aliphatic rings. The second-order valence-electron chi connectivity index (χ2n) is 7.03. The van der Waals surface area contributed by atoms with Gasteiger partial charge in [0.05, 0.1) is 12.4 Å². The first-order valence-electron chi connectivity index (χ1n) is 9.58. The molecule has 1 saturated heterocycles. The number of nitrogens with two attached hydrogens (primary N) is 1. The number of nitrogens with zero attached hydrogens (tertiary/aromatic N) is 8. The SMILES string of the molecule is Nc1cc(SCc2cn(-c3cnc(C(=O)N4CCC4)cn3)nc2C(F)F)c2nn[nH]c2n1. The Labute approximate surface area is 183 Å². The van der Waals surface area contributed by atoms with Crippen LogP contribution in [0, 0.1) is 0 Å². The summed E-state index contributed by atoms with van der Waals surface area (Å²) in [6.45, 7) is 1.40. The summed E-state index contributed by atoms with van der Waals surface area (Å²) in [6, 6.07) is 1.61. The van der Waals surface area contributed by atoms with Gasteiger partial charge in [-0.25, -0.2) is 33.5 Å². The summed E-state index contributed by atoms with van der Waals surface area (Å²) in [7, 11) is 0. The molecule has 1 fully saturated rings. The Morgan fingerprint density at radius 2 is 2.12 bits per heavy atom. The van der Waals surface area contributed by atoms with E-state index in [1.54, 1.807) is 11.0 Å². The number of carbonyl (C=O) groups excluding carboxylic acids is 1. The highest BCUT2D eigenvalue weighted by molar-refractivity contribution is 7.98. The standard InChI is InChI=1S/C18H16F2N10OS/c19-16(20)14-9(8-32-11-4-12(21)24-17-15(11)25-28-26-17)7-30(27-14)13-6-22-10(5-23-13)18(31)29-2-1-3-29/h4-7,16H,1-3,8H2,(H3,21,24,25,26,28). The lowest BCUT2D eigenvalue weighted by Crippen LogP contribution is -2.42. The summed E-state index contributed by atoms with van der Waals surface area (Å²) < 4.78 is 28.5. The maximum Gasteiger partial charge on any atom is 0.282 e. The minimum absolute atomic E-state index is 0.185. The number of aromatic nitrogens is 8. The van der Waals surface area contributed by atoms with E-state index < -0.39 is 6.43 Å². The lowest BCUT2D eigenvalue weighted by molar-refractivity contribution is 0.0645. The van der Waals surface area contributed by atoms with Crippen LogP contribution in [0.3, 0.4) is 0 Å². The fraction of sp³-hybridized carbons (Fsp3) is 0.278. The van der Waals surface area contributed by atoms with E-state index in [0.29, 0.717) is 34.7 Å². The molecular weight excluding hydrogens is 442 g/mol. The van der Waals surface area contributed by atoms with Gasteiger partial charge in [0.1, 0.15) is 22.7 Å². The fourth-order valence-corrected chi connectivity index (χ4v) is 4.17. The number of fused-ring (bicyclic) bond motifs is 1. The van der Waals surface area contributed by atoms with Crippen molar-refractivity contribution in [2.45, 2.75) is 23.5 Å². The summed E-state index contributed by atoms with van der Waals surface area (Å²) in [4.78, 5) is 26.9. The first kappa shape index (κ1) is 20.2. The van der Waals surface area contributed by atoms with Gasteiger partial charge in [0.15, 0.2) is 11.5 Å². The van der Waals surface area contributed by atoms with E-state index >= 15 is 0 Å². The van der Waals surface area contributed by atoms with Crippen LogP contribution in [0.2, 0.25) is 0 Å². The second kappa shape index (κ2) is 8.11. The van der Waals surface area contributed by atoms with E-state index in [0.717, 1.165) is 6.42 Å². The van der Waals surface area contributed by atoms with Crippen LogP contribution in [0.25, 0.3) is 17.0 Å². The zero-order valence-corrected chi connectivity index (χ0v) is 17.3. The van der Waals surface area contributed by atoms with Crippen LogP contribution in [0.1, 0.15) is 34.6 Å². The number of hydrogen-bond acceptors (Lipinski definition) is 9. The molecule has 164 valence electrons. The Morgan fingerprint density at radius 3 is 2.81 bits per heavy atom. The van der Waals surface area contributed by atoms with Gasteiger partial charge in [-0.2, -0.15) is 5.10 Å². The average molecular weight is 458 g/mol. The Morgan fingerprint density at radius 1 is 1.28 bits per heavy atom. The Balaban J connectivity index is 1.38. The van der Waals surface area contributed by atoms with Crippen LogP contribution in [-0.2, 0) is 5.75 Å². The molecule has 0 aliphatic carbocycles. The highest BCUT2D eigenvalue weighted by Crippen LogP contribution is 2.32. The van der Waals surface area contributed by atoms with Gasteiger partial charge >= 0.3 is 0 Å². The van der Waals surface area contributed by atoms with Crippen LogP contribution in [0.5, 0.6) is 0 Å². The summed E-state index contributed by atoms with van der Waals surface area (Å²) in [5.41, 5.74) is 6.88. The molecule has 1 amide bonds. The number of amides is 1. The lowest BCUT2D eigenvalue weighted by Gasteiger charge is -2.30. The van der Waals surface area contributed by atoms with E-state index in [4.69, 9.17) is 5.73 Å². The highest BCUT2D eigenvalue weighted by atomic mass is 32.2. The zero-order chi connectivity index (χ0) is 22.2. The number of pyridine rings is 1.